The van der Waals surface area contributed by atoms with Crippen molar-refractivity contribution >= 4 is 50.7 Å². The third-order valence-corrected chi connectivity index (χ3v) is 6.12. The molecule has 1 heterocycles. The van der Waals surface area contributed by atoms with Crippen LogP contribution in [-0.4, -0.2) is 31.1 Å². The van der Waals surface area contributed by atoms with Gasteiger partial charge in [0.15, 0.2) is 0 Å². The number of benzene rings is 2. The quantitative estimate of drug-likeness (QED) is 0.861. The molecule has 1 aliphatic rings. The average Bonchev–Trinajstić information content (AvgIpc) is 2.55. The Labute approximate surface area is 154 Å². The Kier molecular flexibility index (Phi) is 4.73. The third kappa shape index (κ3) is 3.49. The zero-order valence-electron chi connectivity index (χ0n) is 12.7. The normalized spacial score (nSPS) is 15.6. The van der Waals surface area contributed by atoms with Crippen molar-refractivity contribution in [1.29, 1.82) is 0 Å². The summed E-state index contributed by atoms with van der Waals surface area (Å²) >= 11 is 11.9. The Morgan fingerprint density at radius 1 is 1.12 bits per heavy atom. The number of fused-ring (bicyclic) bond motifs is 1. The fourth-order valence-electron chi connectivity index (χ4n) is 2.48. The molecule has 0 unspecified atom stereocenters. The monoisotopic (exact) mass is 398 g/mol. The molecule has 0 bridgehead atoms. The number of rotatable bonds is 3. The van der Waals surface area contributed by atoms with Crippen LogP contribution in [0.3, 0.4) is 0 Å². The van der Waals surface area contributed by atoms with Crippen molar-refractivity contribution in [3.63, 3.8) is 0 Å². The molecule has 9 heteroatoms. The highest BCUT2D eigenvalue weighted by atomic mass is 35.5. The van der Waals surface area contributed by atoms with E-state index in [1.807, 2.05) is 0 Å². The molecule has 1 N–H and O–H groups in total. The van der Waals surface area contributed by atoms with E-state index in [2.05, 4.69) is 5.32 Å². The Morgan fingerprint density at radius 2 is 1.84 bits per heavy atom. The number of hydrogen-bond acceptors (Lipinski definition) is 4. The van der Waals surface area contributed by atoms with Gasteiger partial charge < -0.3 is 5.32 Å². The van der Waals surface area contributed by atoms with Gasteiger partial charge in [0, 0.05) is 5.56 Å². The number of anilines is 1. The molecule has 0 atom stereocenters. The summed E-state index contributed by atoms with van der Waals surface area (Å²) in [5, 5.41) is 2.85. The average molecular weight is 399 g/mol. The van der Waals surface area contributed by atoms with Gasteiger partial charge in [-0.25, -0.2) is 12.7 Å². The zero-order chi connectivity index (χ0) is 18.2. The number of sulfonamides is 1. The molecule has 6 nitrogen and oxygen atoms in total. The second-order valence-electron chi connectivity index (χ2n) is 5.37. The molecule has 0 aromatic heterocycles. The molecule has 0 radical (unpaired) electrons. The van der Waals surface area contributed by atoms with Crippen molar-refractivity contribution in [2.24, 2.45) is 0 Å². The summed E-state index contributed by atoms with van der Waals surface area (Å²) in [6, 6.07) is 11.1. The van der Waals surface area contributed by atoms with Crippen LogP contribution in [0.5, 0.6) is 0 Å². The maximum Gasteiger partial charge on any atom is 0.268 e. The summed E-state index contributed by atoms with van der Waals surface area (Å²) in [6.07, 6.45) is 0. The number of amides is 2. The van der Waals surface area contributed by atoms with Gasteiger partial charge in [0.05, 0.1) is 21.5 Å². The third-order valence-electron chi connectivity index (χ3n) is 3.66. The van der Waals surface area contributed by atoms with Crippen molar-refractivity contribution in [3.8, 4) is 0 Å². The molecule has 2 aromatic rings. The maximum absolute atomic E-state index is 12.5. The van der Waals surface area contributed by atoms with Crippen molar-refractivity contribution in [1.82, 2.24) is 4.31 Å². The zero-order valence-corrected chi connectivity index (χ0v) is 15.0. The van der Waals surface area contributed by atoms with E-state index in [4.69, 9.17) is 23.2 Å². The number of hydrogen-bond donors (Lipinski definition) is 1. The van der Waals surface area contributed by atoms with E-state index in [0.29, 0.717) is 9.87 Å². The van der Waals surface area contributed by atoms with Gasteiger partial charge in [0.1, 0.15) is 6.54 Å². The second kappa shape index (κ2) is 6.67. The molecule has 1 aliphatic heterocycles. The minimum Gasteiger partial charge on any atom is -0.323 e. The molecule has 25 heavy (non-hydrogen) atoms. The van der Waals surface area contributed by atoms with Gasteiger partial charge in [0.25, 0.3) is 5.91 Å². The van der Waals surface area contributed by atoms with Crippen LogP contribution in [0.25, 0.3) is 0 Å². The van der Waals surface area contributed by atoms with Crippen LogP contribution >= 0.6 is 23.2 Å². The van der Waals surface area contributed by atoms with Crippen molar-refractivity contribution in [3.05, 3.63) is 63.6 Å². The number of nitrogens with zero attached hydrogens (tertiary/aromatic N) is 1. The fourth-order valence-corrected chi connectivity index (χ4v) is 4.29. The van der Waals surface area contributed by atoms with Gasteiger partial charge in [0.2, 0.25) is 15.9 Å². The molecule has 0 aliphatic carbocycles. The Morgan fingerprint density at radius 3 is 2.60 bits per heavy atom. The van der Waals surface area contributed by atoms with Crippen LogP contribution in [0, 0.1) is 0 Å². The number of carbonyl (C=O) groups excluding carboxylic acids is 2. The highest BCUT2D eigenvalue weighted by Crippen LogP contribution is 2.30. The van der Waals surface area contributed by atoms with E-state index in [1.165, 1.54) is 12.1 Å². The molecule has 130 valence electrons. The summed E-state index contributed by atoms with van der Waals surface area (Å²) in [6.45, 7) is -0.641. The highest BCUT2D eigenvalue weighted by molar-refractivity contribution is 7.89. The highest BCUT2D eigenvalue weighted by Gasteiger charge is 2.36. The van der Waals surface area contributed by atoms with Gasteiger partial charge >= 0.3 is 0 Å². The molecule has 0 saturated carbocycles. The molecule has 0 saturated heterocycles. The SMILES string of the molecule is O=C(CN1C(=O)c2ccccc2CS1(=O)=O)Nc1cccc(Cl)c1Cl. The van der Waals surface area contributed by atoms with Gasteiger partial charge in [-0.2, -0.15) is 0 Å². The van der Waals surface area contributed by atoms with Crippen molar-refractivity contribution in [2.45, 2.75) is 5.75 Å². The first-order valence-electron chi connectivity index (χ1n) is 7.16. The number of nitrogens with one attached hydrogen (secondary N) is 1. The summed E-state index contributed by atoms with van der Waals surface area (Å²) in [7, 11) is -3.93. The van der Waals surface area contributed by atoms with Gasteiger partial charge in [-0.05, 0) is 23.8 Å². The van der Waals surface area contributed by atoms with E-state index >= 15 is 0 Å². The topological polar surface area (TPSA) is 83.6 Å². The van der Waals surface area contributed by atoms with Crippen LogP contribution in [-0.2, 0) is 20.6 Å². The Hall–Kier alpha value is -2.09. The summed E-state index contributed by atoms with van der Waals surface area (Å²) in [5.74, 6) is -1.75. The van der Waals surface area contributed by atoms with E-state index in [0.717, 1.165) is 0 Å². The van der Waals surface area contributed by atoms with Crippen molar-refractivity contribution in [2.75, 3.05) is 11.9 Å². The van der Waals surface area contributed by atoms with Gasteiger partial charge in [-0.1, -0.05) is 47.5 Å². The molecule has 3 rings (SSSR count). The van der Waals surface area contributed by atoms with Crippen molar-refractivity contribution < 1.29 is 18.0 Å². The molecule has 2 amide bonds. The first-order chi connectivity index (χ1) is 11.8. The van der Waals surface area contributed by atoms with Crippen LogP contribution in [0.15, 0.2) is 42.5 Å². The van der Waals surface area contributed by atoms with Gasteiger partial charge in [-0.3, -0.25) is 9.59 Å². The molecule has 2 aromatic carbocycles. The molecule has 0 spiro atoms. The van der Waals surface area contributed by atoms with E-state index in [-0.39, 0.29) is 27.0 Å². The molecular weight excluding hydrogens is 387 g/mol. The van der Waals surface area contributed by atoms with E-state index in [1.54, 1.807) is 30.3 Å². The summed E-state index contributed by atoms with van der Waals surface area (Å²) in [4.78, 5) is 24.7. The fraction of sp³-hybridized carbons (Fsp3) is 0.125. The van der Waals surface area contributed by atoms with Crippen LogP contribution in [0.2, 0.25) is 10.0 Å². The minimum atomic E-state index is -3.93. The lowest BCUT2D eigenvalue weighted by molar-refractivity contribution is -0.116. The predicted octanol–water partition coefficient (Wildman–Crippen LogP) is 2.92. The summed E-state index contributed by atoms with van der Waals surface area (Å²) < 4.78 is 25.3. The molecule has 0 fully saturated rings. The Bertz CT molecular complexity index is 976. The first-order valence-corrected chi connectivity index (χ1v) is 9.52. The first kappa shape index (κ1) is 17.7. The maximum atomic E-state index is 12.5. The van der Waals surface area contributed by atoms with E-state index < -0.39 is 28.4 Å². The van der Waals surface area contributed by atoms with E-state index in [9.17, 15) is 18.0 Å². The summed E-state index contributed by atoms with van der Waals surface area (Å²) in [5.41, 5.74) is 0.925. The Balaban J connectivity index is 1.83. The lowest BCUT2D eigenvalue weighted by atomic mass is 10.1. The lowest BCUT2D eigenvalue weighted by Crippen LogP contribution is -2.45. The van der Waals surface area contributed by atoms with Gasteiger partial charge in [-0.15, -0.1) is 0 Å². The molecular formula is C16H12Cl2N2O4S. The minimum absolute atomic E-state index is 0.135. The smallest absolute Gasteiger partial charge is 0.268 e. The van der Waals surface area contributed by atoms with Crippen LogP contribution < -0.4 is 5.32 Å². The number of carbonyl (C=O) groups is 2. The predicted molar refractivity (Wildman–Crippen MR) is 95.2 cm³/mol. The lowest BCUT2D eigenvalue weighted by Gasteiger charge is -2.27. The van der Waals surface area contributed by atoms with Crippen LogP contribution in [0.1, 0.15) is 15.9 Å². The second-order valence-corrected chi connectivity index (χ2v) is 8.05. The number of halogens is 2. The van der Waals surface area contributed by atoms with Crippen LogP contribution in [0.4, 0.5) is 5.69 Å². The largest absolute Gasteiger partial charge is 0.323 e. The standard InChI is InChI=1S/C16H12Cl2N2O4S/c17-12-6-3-7-13(15(12)18)19-14(21)8-20-16(22)11-5-2-1-4-10(11)9-25(20,23)24/h1-7H,8-9H2,(H,19,21).